The number of amidine groups is 1. The van der Waals surface area contributed by atoms with Gasteiger partial charge in [-0.3, -0.25) is 9.69 Å². The molecule has 154 valence electrons. The number of hydrogen-bond acceptors (Lipinski definition) is 6. The molecule has 2 heterocycles. The number of carbonyl (C=O) groups excluding carboxylic acids is 1. The normalized spacial score (nSPS) is 20.2. The van der Waals surface area contributed by atoms with Gasteiger partial charge in [0.05, 0.1) is 15.6 Å². The molecule has 0 radical (unpaired) electrons. The van der Waals surface area contributed by atoms with Crippen molar-refractivity contribution >= 4 is 66.2 Å². The Morgan fingerprint density at radius 1 is 1.13 bits per heavy atom. The molecular formula is C20H16BrN3O3S3. The summed E-state index contributed by atoms with van der Waals surface area (Å²) < 4.78 is 30.4. The van der Waals surface area contributed by atoms with Gasteiger partial charge in [0.2, 0.25) is 0 Å². The fraction of sp³-hybridized carbons (Fsp3) is 0.100. The van der Waals surface area contributed by atoms with Crippen LogP contribution in [-0.4, -0.2) is 38.0 Å². The van der Waals surface area contributed by atoms with Gasteiger partial charge in [0.25, 0.3) is 15.9 Å². The molecule has 0 aromatic heterocycles. The largest absolute Gasteiger partial charge is 0.337 e. The number of sulfonamides is 1. The van der Waals surface area contributed by atoms with Gasteiger partial charge in [0.15, 0.2) is 5.17 Å². The molecule has 1 amide bonds. The van der Waals surface area contributed by atoms with Crippen molar-refractivity contribution in [2.24, 2.45) is 4.40 Å². The number of fused-ring (bicyclic) bond motifs is 1. The summed E-state index contributed by atoms with van der Waals surface area (Å²) in [5.74, 6) is -0.285. The van der Waals surface area contributed by atoms with E-state index in [0.29, 0.717) is 4.91 Å². The summed E-state index contributed by atoms with van der Waals surface area (Å²) in [6, 6.07) is 14.1. The zero-order valence-electron chi connectivity index (χ0n) is 15.8. The van der Waals surface area contributed by atoms with Crippen LogP contribution in [0.15, 0.2) is 89.8 Å². The zero-order chi connectivity index (χ0) is 21.5. The number of anilines is 1. The molecule has 0 saturated carbocycles. The number of carbonyl (C=O) groups is 1. The van der Waals surface area contributed by atoms with Gasteiger partial charge < -0.3 is 4.90 Å². The first-order valence-electron chi connectivity index (χ1n) is 8.78. The van der Waals surface area contributed by atoms with Gasteiger partial charge in [-0.2, -0.15) is 8.42 Å². The number of para-hydroxylation sites is 1. The second kappa shape index (κ2) is 8.26. The zero-order valence-corrected chi connectivity index (χ0v) is 19.8. The second-order valence-electron chi connectivity index (χ2n) is 6.37. The number of benzene rings is 2. The average molecular weight is 522 g/mol. The molecule has 1 saturated heterocycles. The molecule has 0 spiro atoms. The predicted molar refractivity (Wildman–Crippen MR) is 126 cm³/mol. The Hall–Kier alpha value is -2.01. The van der Waals surface area contributed by atoms with Crippen LogP contribution >= 0.6 is 39.5 Å². The molecule has 0 atom stereocenters. The Labute approximate surface area is 191 Å². The van der Waals surface area contributed by atoms with Crippen molar-refractivity contribution in [3.05, 3.63) is 75.6 Å². The molecule has 0 bridgehead atoms. The summed E-state index contributed by atoms with van der Waals surface area (Å²) in [5, 5.41) is 0.877. The van der Waals surface area contributed by atoms with Crippen molar-refractivity contribution in [3.63, 3.8) is 0 Å². The lowest BCUT2D eigenvalue weighted by atomic mass is 10.3. The molecule has 2 aliphatic heterocycles. The summed E-state index contributed by atoms with van der Waals surface area (Å²) in [6.07, 6.45) is 1.55. The van der Waals surface area contributed by atoms with E-state index in [2.05, 4.69) is 26.9 Å². The van der Waals surface area contributed by atoms with E-state index < -0.39 is 10.0 Å². The maximum absolute atomic E-state index is 13.1. The highest BCUT2D eigenvalue weighted by Gasteiger charge is 2.39. The lowest BCUT2D eigenvalue weighted by molar-refractivity contribution is -0.121. The highest BCUT2D eigenvalue weighted by molar-refractivity contribution is 9.10. The standard InChI is InChI=1S/C20H16BrN3O3S3/c1-3-12-24-18(25)17(19-23(2)15-6-4-5-7-16(15)28-19)29-20(24)22-30(26,27)14-10-8-13(21)9-11-14/h3-11H,1,12H2,2H3/b19-17+,22-20?. The van der Waals surface area contributed by atoms with Crippen molar-refractivity contribution in [1.82, 2.24) is 4.90 Å². The quantitative estimate of drug-likeness (QED) is 0.430. The highest BCUT2D eigenvalue weighted by atomic mass is 79.9. The van der Waals surface area contributed by atoms with Crippen LogP contribution in [-0.2, 0) is 14.8 Å². The smallest absolute Gasteiger partial charge is 0.284 e. The van der Waals surface area contributed by atoms with E-state index in [4.69, 9.17) is 0 Å². The molecule has 30 heavy (non-hydrogen) atoms. The number of amides is 1. The second-order valence-corrected chi connectivity index (χ2v) is 10.9. The number of rotatable bonds is 4. The molecule has 4 rings (SSSR count). The van der Waals surface area contributed by atoms with Gasteiger partial charge in [-0.1, -0.05) is 45.9 Å². The lowest BCUT2D eigenvalue weighted by Crippen LogP contribution is -2.30. The SMILES string of the molecule is C=CCN1C(=O)/C(=C2\Sc3ccccc3N2C)SC1=NS(=O)(=O)c1ccc(Br)cc1. The fourth-order valence-corrected chi connectivity index (χ4v) is 6.76. The maximum atomic E-state index is 13.1. The summed E-state index contributed by atoms with van der Waals surface area (Å²) >= 11 is 5.85. The Kier molecular flexibility index (Phi) is 5.84. The molecule has 2 aliphatic rings. The minimum atomic E-state index is -3.97. The van der Waals surface area contributed by atoms with Crippen LogP contribution < -0.4 is 4.90 Å². The van der Waals surface area contributed by atoms with Gasteiger partial charge in [0, 0.05) is 23.0 Å². The summed E-state index contributed by atoms with van der Waals surface area (Å²) in [4.78, 5) is 18.0. The minimum absolute atomic E-state index is 0.0608. The average Bonchev–Trinajstić information content (AvgIpc) is 3.20. The van der Waals surface area contributed by atoms with Gasteiger partial charge in [-0.05, 0) is 48.2 Å². The number of nitrogens with zero attached hydrogens (tertiary/aromatic N) is 3. The van der Waals surface area contributed by atoms with Crippen LogP contribution in [0.4, 0.5) is 5.69 Å². The van der Waals surface area contributed by atoms with Crippen LogP contribution in [0.3, 0.4) is 0 Å². The molecule has 6 nitrogen and oxygen atoms in total. The van der Waals surface area contributed by atoms with E-state index in [-0.39, 0.29) is 22.5 Å². The van der Waals surface area contributed by atoms with E-state index in [1.54, 1.807) is 18.2 Å². The summed E-state index contributed by atoms with van der Waals surface area (Å²) in [7, 11) is -2.08. The van der Waals surface area contributed by atoms with Crippen molar-refractivity contribution in [3.8, 4) is 0 Å². The minimum Gasteiger partial charge on any atom is -0.337 e. The maximum Gasteiger partial charge on any atom is 0.284 e. The first kappa shape index (κ1) is 21.2. The third-order valence-corrected chi connectivity index (χ3v) is 8.77. The van der Waals surface area contributed by atoms with Crippen LogP contribution in [0, 0.1) is 0 Å². The van der Waals surface area contributed by atoms with Crippen molar-refractivity contribution < 1.29 is 13.2 Å². The number of thioether (sulfide) groups is 2. The van der Waals surface area contributed by atoms with Crippen molar-refractivity contribution in [1.29, 1.82) is 0 Å². The number of hydrogen-bond donors (Lipinski definition) is 0. The molecule has 2 aromatic rings. The first-order valence-corrected chi connectivity index (χ1v) is 12.6. The number of halogens is 1. The Bertz CT molecular complexity index is 1210. The third-order valence-electron chi connectivity index (χ3n) is 4.42. The predicted octanol–water partition coefficient (Wildman–Crippen LogP) is 4.67. The van der Waals surface area contributed by atoms with Crippen LogP contribution in [0.2, 0.25) is 0 Å². The molecule has 0 N–H and O–H groups in total. The Morgan fingerprint density at radius 2 is 1.83 bits per heavy atom. The van der Waals surface area contributed by atoms with E-state index in [1.807, 2.05) is 36.2 Å². The van der Waals surface area contributed by atoms with Gasteiger partial charge in [-0.15, -0.1) is 11.0 Å². The molecule has 0 unspecified atom stereocenters. The van der Waals surface area contributed by atoms with E-state index in [1.165, 1.54) is 28.8 Å². The van der Waals surface area contributed by atoms with Crippen LogP contribution in [0.5, 0.6) is 0 Å². The molecule has 2 aromatic carbocycles. The van der Waals surface area contributed by atoms with E-state index in [9.17, 15) is 13.2 Å². The van der Waals surface area contributed by atoms with E-state index >= 15 is 0 Å². The first-order chi connectivity index (χ1) is 14.3. The van der Waals surface area contributed by atoms with Crippen molar-refractivity contribution in [2.45, 2.75) is 9.79 Å². The lowest BCUT2D eigenvalue weighted by Gasteiger charge is -2.15. The topological polar surface area (TPSA) is 70.1 Å². The van der Waals surface area contributed by atoms with Gasteiger partial charge in [-0.25, -0.2) is 0 Å². The monoisotopic (exact) mass is 521 g/mol. The fourth-order valence-electron chi connectivity index (χ4n) is 2.96. The summed E-state index contributed by atoms with van der Waals surface area (Å²) in [6.45, 7) is 3.85. The van der Waals surface area contributed by atoms with Gasteiger partial charge >= 0.3 is 0 Å². The highest BCUT2D eigenvalue weighted by Crippen LogP contribution is 2.49. The van der Waals surface area contributed by atoms with Crippen LogP contribution in [0.1, 0.15) is 0 Å². The van der Waals surface area contributed by atoms with E-state index in [0.717, 1.165) is 31.8 Å². The van der Waals surface area contributed by atoms with Crippen molar-refractivity contribution in [2.75, 3.05) is 18.5 Å². The molecule has 10 heteroatoms. The Morgan fingerprint density at radius 3 is 2.50 bits per heavy atom. The molecule has 1 fully saturated rings. The summed E-state index contributed by atoms with van der Waals surface area (Å²) in [5.41, 5.74) is 1.00. The van der Waals surface area contributed by atoms with Crippen LogP contribution in [0.25, 0.3) is 0 Å². The van der Waals surface area contributed by atoms with Gasteiger partial charge in [0.1, 0.15) is 4.91 Å². The molecular weight excluding hydrogens is 506 g/mol. The molecule has 0 aliphatic carbocycles. The Balaban J connectivity index is 1.75. The third kappa shape index (κ3) is 3.84.